The summed E-state index contributed by atoms with van der Waals surface area (Å²) in [5.74, 6) is -1.57. The molecule has 3 rings (SSSR count). The number of carbonyl (C=O) groups excluding carboxylic acids is 2. The Balaban J connectivity index is 1.75. The number of ether oxygens (including phenoxy) is 1. The van der Waals surface area contributed by atoms with Gasteiger partial charge in [-0.15, -0.1) is 0 Å². The number of benzene rings is 2. The van der Waals surface area contributed by atoms with Gasteiger partial charge in [0.05, 0.1) is 6.54 Å². The second kappa shape index (κ2) is 11.2. The number of carbonyl (C=O) groups is 2. The number of halogens is 1. The lowest BCUT2D eigenvalue weighted by Crippen LogP contribution is -2.42. The first-order chi connectivity index (χ1) is 16.3. The molecule has 0 saturated carbocycles. The van der Waals surface area contributed by atoms with E-state index in [1.165, 1.54) is 16.7 Å². The molecule has 0 saturated heterocycles. The van der Waals surface area contributed by atoms with Gasteiger partial charge in [0.25, 0.3) is 11.5 Å². The van der Waals surface area contributed by atoms with E-state index in [1.54, 1.807) is 55.5 Å². The quantitative estimate of drug-likeness (QED) is 0.375. The van der Waals surface area contributed by atoms with E-state index in [2.05, 4.69) is 4.98 Å². The zero-order chi connectivity index (χ0) is 24.7. The minimum absolute atomic E-state index is 0.0633. The Kier molecular flexibility index (Phi) is 8.05. The van der Waals surface area contributed by atoms with Crippen molar-refractivity contribution in [1.82, 2.24) is 9.55 Å². The van der Waals surface area contributed by atoms with E-state index < -0.39 is 29.7 Å². The number of nitrogens with two attached hydrogens (primary N) is 1. The summed E-state index contributed by atoms with van der Waals surface area (Å²) in [5.41, 5.74) is 5.96. The summed E-state index contributed by atoms with van der Waals surface area (Å²) < 4.78 is 6.19. The molecule has 34 heavy (non-hydrogen) atoms. The van der Waals surface area contributed by atoms with Crippen molar-refractivity contribution in [1.29, 1.82) is 0 Å². The van der Waals surface area contributed by atoms with E-state index in [4.69, 9.17) is 22.1 Å². The maximum absolute atomic E-state index is 12.8. The number of nitrogens with one attached hydrogen (secondary N) is 1. The van der Waals surface area contributed by atoms with Gasteiger partial charge in [-0.05, 0) is 36.3 Å². The highest BCUT2D eigenvalue weighted by Crippen LogP contribution is 2.18. The van der Waals surface area contributed by atoms with Gasteiger partial charge >= 0.3 is 11.7 Å². The number of aromatic amines is 1. The van der Waals surface area contributed by atoms with E-state index in [-0.39, 0.29) is 24.6 Å². The minimum atomic E-state index is -0.809. The molecule has 0 aliphatic heterocycles. The Morgan fingerprint density at radius 2 is 1.79 bits per heavy atom. The fourth-order valence-electron chi connectivity index (χ4n) is 3.22. The summed E-state index contributed by atoms with van der Waals surface area (Å²) in [6.45, 7) is 1.18. The lowest BCUT2D eigenvalue weighted by Gasteiger charge is -2.23. The summed E-state index contributed by atoms with van der Waals surface area (Å²) in [6.07, 6.45) is 2.69. The normalized spacial score (nSPS) is 10.9. The Morgan fingerprint density at radius 1 is 1.12 bits per heavy atom. The molecule has 176 valence electrons. The van der Waals surface area contributed by atoms with Crippen LogP contribution >= 0.6 is 11.6 Å². The molecule has 0 aliphatic rings. The molecule has 0 spiro atoms. The van der Waals surface area contributed by atoms with E-state index in [9.17, 15) is 19.2 Å². The molecule has 0 bridgehead atoms. The molecule has 1 amide bonds. The van der Waals surface area contributed by atoms with Gasteiger partial charge in [-0.2, -0.15) is 0 Å². The Labute approximate surface area is 200 Å². The molecule has 0 atom stereocenters. The van der Waals surface area contributed by atoms with Gasteiger partial charge in [0, 0.05) is 17.6 Å². The Bertz CT molecular complexity index is 1310. The van der Waals surface area contributed by atoms with Crippen molar-refractivity contribution < 1.29 is 14.3 Å². The number of anilines is 2. The van der Waals surface area contributed by atoms with Crippen molar-refractivity contribution >= 4 is 41.1 Å². The maximum atomic E-state index is 12.8. The number of aromatic nitrogens is 2. The number of esters is 1. The molecule has 9 nitrogen and oxygen atoms in total. The average molecular weight is 483 g/mol. The zero-order valence-electron chi connectivity index (χ0n) is 18.4. The van der Waals surface area contributed by atoms with Gasteiger partial charge in [-0.1, -0.05) is 54.1 Å². The highest BCUT2D eigenvalue weighted by molar-refractivity contribution is 6.30. The number of nitrogens with zero attached hydrogens (tertiary/aromatic N) is 2. The third-order valence-electron chi connectivity index (χ3n) is 4.90. The smallest absolute Gasteiger partial charge is 0.331 e. The summed E-state index contributed by atoms with van der Waals surface area (Å²) in [7, 11) is 0. The SMILES string of the molecule is CCN(C(=O)COC(=O)C=Cc1ccc(Cl)cc1)c1c(N)n(Cc2ccccc2)c(=O)[nH]c1=O. The topological polar surface area (TPSA) is 127 Å². The molecule has 1 heterocycles. The molecule has 10 heteroatoms. The van der Waals surface area contributed by atoms with Crippen molar-refractivity contribution in [2.24, 2.45) is 0 Å². The van der Waals surface area contributed by atoms with Gasteiger partial charge in [0.15, 0.2) is 12.3 Å². The van der Waals surface area contributed by atoms with Gasteiger partial charge in [0.1, 0.15) is 5.82 Å². The maximum Gasteiger partial charge on any atom is 0.331 e. The third kappa shape index (κ3) is 6.02. The second-order valence-electron chi connectivity index (χ2n) is 7.20. The number of likely N-dealkylation sites (N-methyl/N-ethyl adjacent to an activating group) is 1. The van der Waals surface area contributed by atoms with Crippen molar-refractivity contribution in [3.63, 3.8) is 0 Å². The molecule has 3 N–H and O–H groups in total. The van der Waals surface area contributed by atoms with E-state index in [1.807, 2.05) is 6.07 Å². The summed E-state index contributed by atoms with van der Waals surface area (Å²) >= 11 is 5.82. The van der Waals surface area contributed by atoms with E-state index in [0.717, 1.165) is 16.0 Å². The van der Waals surface area contributed by atoms with Crippen LogP contribution in [0, 0.1) is 0 Å². The molecule has 1 aromatic heterocycles. The zero-order valence-corrected chi connectivity index (χ0v) is 19.1. The van der Waals surface area contributed by atoms with Crippen molar-refractivity contribution in [2.75, 3.05) is 23.8 Å². The van der Waals surface area contributed by atoms with Crippen LogP contribution in [0.2, 0.25) is 5.02 Å². The van der Waals surface area contributed by atoms with Crippen LogP contribution in [0.5, 0.6) is 0 Å². The van der Waals surface area contributed by atoms with Crippen molar-refractivity contribution in [3.8, 4) is 0 Å². The summed E-state index contributed by atoms with van der Waals surface area (Å²) in [6, 6.07) is 15.8. The van der Waals surface area contributed by atoms with Gasteiger partial charge in [0.2, 0.25) is 0 Å². The number of amides is 1. The van der Waals surface area contributed by atoms with Crippen LogP contribution in [-0.4, -0.2) is 34.6 Å². The standard InChI is InChI=1S/C24H23ClN4O5/c1-2-28(19(30)15-34-20(31)13-10-16-8-11-18(25)12-9-16)21-22(26)29(24(33)27-23(21)32)14-17-6-4-3-5-7-17/h3-13H,2,14-15,26H2,1H3,(H,27,32,33). The minimum Gasteiger partial charge on any atom is -0.452 e. The number of hydrogen-bond acceptors (Lipinski definition) is 6. The lowest BCUT2D eigenvalue weighted by atomic mass is 10.2. The average Bonchev–Trinajstić information content (AvgIpc) is 2.83. The van der Waals surface area contributed by atoms with Crippen molar-refractivity contribution in [3.05, 3.63) is 97.7 Å². The van der Waals surface area contributed by atoms with Crippen LogP contribution in [0.15, 0.2) is 70.3 Å². The van der Waals surface area contributed by atoms with Crippen LogP contribution in [0.1, 0.15) is 18.1 Å². The number of rotatable bonds is 8. The third-order valence-corrected chi connectivity index (χ3v) is 5.16. The molecule has 0 aliphatic carbocycles. The van der Waals surface area contributed by atoms with Crippen LogP contribution in [-0.2, 0) is 20.9 Å². The van der Waals surface area contributed by atoms with Crippen LogP contribution < -0.4 is 21.9 Å². The van der Waals surface area contributed by atoms with Crippen LogP contribution in [0.25, 0.3) is 6.08 Å². The predicted molar refractivity (Wildman–Crippen MR) is 131 cm³/mol. The molecule has 3 aromatic rings. The molecule has 0 fully saturated rings. The Hall–Kier alpha value is -4.11. The van der Waals surface area contributed by atoms with Crippen LogP contribution in [0.4, 0.5) is 11.5 Å². The molecular formula is C24H23ClN4O5. The highest BCUT2D eigenvalue weighted by Gasteiger charge is 2.23. The van der Waals surface area contributed by atoms with Crippen LogP contribution in [0.3, 0.4) is 0 Å². The first-order valence-corrected chi connectivity index (χ1v) is 10.7. The lowest BCUT2D eigenvalue weighted by molar-refractivity contribution is -0.142. The largest absolute Gasteiger partial charge is 0.452 e. The first-order valence-electron chi connectivity index (χ1n) is 10.4. The predicted octanol–water partition coefficient (Wildman–Crippen LogP) is 2.43. The molecule has 0 radical (unpaired) electrons. The Morgan fingerprint density at radius 3 is 2.44 bits per heavy atom. The number of hydrogen-bond donors (Lipinski definition) is 2. The molecule has 0 unspecified atom stereocenters. The van der Waals surface area contributed by atoms with Gasteiger partial charge in [-0.25, -0.2) is 9.59 Å². The van der Waals surface area contributed by atoms with E-state index in [0.29, 0.717) is 5.02 Å². The first kappa shape index (κ1) is 24.5. The fourth-order valence-corrected chi connectivity index (χ4v) is 3.34. The highest BCUT2D eigenvalue weighted by atomic mass is 35.5. The second-order valence-corrected chi connectivity index (χ2v) is 7.63. The molecular weight excluding hydrogens is 460 g/mol. The molecule has 2 aromatic carbocycles. The number of H-pyrrole nitrogens is 1. The van der Waals surface area contributed by atoms with Gasteiger partial charge in [-0.3, -0.25) is 19.1 Å². The van der Waals surface area contributed by atoms with E-state index >= 15 is 0 Å². The summed E-state index contributed by atoms with van der Waals surface area (Å²) in [5, 5.41) is 0.564. The van der Waals surface area contributed by atoms with Gasteiger partial charge < -0.3 is 15.4 Å². The summed E-state index contributed by atoms with van der Waals surface area (Å²) in [4.78, 5) is 52.9. The fraction of sp³-hybridized carbons (Fsp3) is 0.167. The van der Waals surface area contributed by atoms with Crippen molar-refractivity contribution in [2.45, 2.75) is 13.5 Å². The monoisotopic (exact) mass is 482 g/mol. The number of nitrogen functional groups attached to an aromatic ring is 1.